The average Bonchev–Trinajstić information content (AvgIpc) is 2.95. The van der Waals surface area contributed by atoms with Crippen LogP contribution in [0.15, 0.2) is 54.6 Å². The van der Waals surface area contributed by atoms with Crippen LogP contribution in [0, 0.1) is 0 Å². The molecule has 0 bridgehead atoms. The summed E-state index contributed by atoms with van der Waals surface area (Å²) in [7, 11) is 0. The highest BCUT2D eigenvalue weighted by Crippen LogP contribution is 2.31. The van der Waals surface area contributed by atoms with Crippen LogP contribution >= 0.6 is 0 Å². The number of fused-ring (bicyclic) bond motifs is 1. The van der Waals surface area contributed by atoms with Crippen molar-refractivity contribution in [2.75, 3.05) is 13.2 Å². The predicted octanol–water partition coefficient (Wildman–Crippen LogP) is 2.11. The van der Waals surface area contributed by atoms with E-state index in [0.29, 0.717) is 19.4 Å². The fourth-order valence-corrected chi connectivity index (χ4v) is 3.42. The molecule has 0 aliphatic heterocycles. The summed E-state index contributed by atoms with van der Waals surface area (Å²) < 4.78 is 0. The number of rotatable bonds is 6. The van der Waals surface area contributed by atoms with Crippen LogP contribution < -0.4 is 10.6 Å². The van der Waals surface area contributed by atoms with Gasteiger partial charge in [-0.2, -0.15) is 0 Å². The van der Waals surface area contributed by atoms with Gasteiger partial charge in [-0.1, -0.05) is 54.6 Å². The van der Waals surface area contributed by atoms with E-state index in [1.807, 2.05) is 54.6 Å². The van der Waals surface area contributed by atoms with Gasteiger partial charge in [0.25, 0.3) is 0 Å². The van der Waals surface area contributed by atoms with E-state index in [1.54, 1.807) is 0 Å². The number of urea groups is 1. The molecule has 1 unspecified atom stereocenters. The molecule has 1 aliphatic rings. The van der Waals surface area contributed by atoms with Crippen LogP contribution in [0.1, 0.15) is 35.1 Å². The number of aliphatic hydroxyl groups excluding tert-OH is 2. The number of amides is 2. The number of carbonyl (C=O) groups is 1. The van der Waals surface area contributed by atoms with Gasteiger partial charge in [-0.15, -0.1) is 0 Å². The summed E-state index contributed by atoms with van der Waals surface area (Å²) in [5, 5.41) is 25.2. The predicted molar refractivity (Wildman–Crippen MR) is 96.3 cm³/mol. The van der Waals surface area contributed by atoms with Crippen molar-refractivity contribution in [2.45, 2.75) is 30.9 Å². The largest absolute Gasteiger partial charge is 0.396 e. The lowest BCUT2D eigenvalue weighted by molar-refractivity contribution is 0.142. The van der Waals surface area contributed by atoms with Gasteiger partial charge in [-0.05, 0) is 23.1 Å². The fourth-order valence-electron chi connectivity index (χ4n) is 3.42. The Balaban J connectivity index is 1.59. The smallest absolute Gasteiger partial charge is 0.315 e. The molecule has 0 aromatic heterocycles. The number of nitrogens with one attached hydrogen (secondary N) is 2. The molecule has 0 radical (unpaired) electrons. The van der Waals surface area contributed by atoms with Crippen molar-refractivity contribution in [2.24, 2.45) is 0 Å². The van der Waals surface area contributed by atoms with Gasteiger partial charge >= 0.3 is 6.03 Å². The van der Waals surface area contributed by atoms with Gasteiger partial charge in [0, 0.05) is 25.5 Å². The number of aliphatic hydroxyl groups is 2. The summed E-state index contributed by atoms with van der Waals surface area (Å²) in [6, 6.07) is 16.9. The van der Waals surface area contributed by atoms with E-state index >= 15 is 0 Å². The van der Waals surface area contributed by atoms with Crippen molar-refractivity contribution < 1.29 is 15.0 Å². The van der Waals surface area contributed by atoms with Crippen molar-refractivity contribution in [3.8, 4) is 0 Å². The topological polar surface area (TPSA) is 81.6 Å². The van der Waals surface area contributed by atoms with Gasteiger partial charge in [0.2, 0.25) is 0 Å². The second-order valence-corrected chi connectivity index (χ2v) is 6.42. The zero-order valence-electron chi connectivity index (χ0n) is 14.1. The molecule has 132 valence electrons. The zero-order chi connectivity index (χ0) is 17.6. The number of carbonyl (C=O) groups excluding carboxylic acids is 1. The van der Waals surface area contributed by atoms with Crippen LogP contribution in [0.5, 0.6) is 0 Å². The van der Waals surface area contributed by atoms with E-state index in [1.165, 1.54) is 0 Å². The molecule has 0 saturated carbocycles. The lowest BCUT2D eigenvalue weighted by atomic mass is 9.96. The van der Waals surface area contributed by atoms with Crippen molar-refractivity contribution in [1.29, 1.82) is 0 Å². The molecule has 5 heteroatoms. The van der Waals surface area contributed by atoms with Crippen molar-refractivity contribution in [1.82, 2.24) is 10.6 Å². The Morgan fingerprint density at radius 1 is 1.12 bits per heavy atom. The molecule has 2 amide bonds. The van der Waals surface area contributed by atoms with Crippen LogP contribution in [0.2, 0.25) is 0 Å². The maximum absolute atomic E-state index is 12.3. The second-order valence-electron chi connectivity index (χ2n) is 6.42. The molecular formula is C20H24N2O3. The van der Waals surface area contributed by atoms with Gasteiger partial charge < -0.3 is 20.8 Å². The summed E-state index contributed by atoms with van der Waals surface area (Å²) in [5.74, 6) is 0.0535. The highest BCUT2D eigenvalue weighted by Gasteiger charge is 2.31. The van der Waals surface area contributed by atoms with E-state index in [2.05, 4.69) is 10.6 Å². The third-order valence-electron chi connectivity index (χ3n) is 4.75. The van der Waals surface area contributed by atoms with Gasteiger partial charge in [0.15, 0.2) is 0 Å². The molecule has 0 fully saturated rings. The maximum Gasteiger partial charge on any atom is 0.315 e. The number of hydrogen-bond donors (Lipinski definition) is 4. The zero-order valence-corrected chi connectivity index (χ0v) is 14.1. The molecule has 0 heterocycles. The number of hydrogen-bond acceptors (Lipinski definition) is 3. The average molecular weight is 340 g/mol. The molecule has 3 atom stereocenters. The first-order valence-corrected chi connectivity index (χ1v) is 8.65. The van der Waals surface area contributed by atoms with Gasteiger partial charge in [-0.3, -0.25) is 0 Å². The first kappa shape index (κ1) is 17.5. The standard InChI is InChI=1S/C20H24N2O3/c23-11-10-16(14-6-2-1-3-7-14)13-21-20(25)22-19-17-9-5-4-8-15(17)12-18(19)24/h1-9,16,18-19,23-24H,10-13H2,(H2,21,22,25)/t16?,18-,19+/m0/s1. The van der Waals surface area contributed by atoms with Crippen LogP contribution in [0.3, 0.4) is 0 Å². The van der Waals surface area contributed by atoms with Crippen LogP contribution in [-0.4, -0.2) is 35.5 Å². The van der Waals surface area contributed by atoms with Gasteiger partial charge in [-0.25, -0.2) is 4.79 Å². The molecule has 5 nitrogen and oxygen atoms in total. The second kappa shape index (κ2) is 8.14. The Morgan fingerprint density at radius 2 is 1.84 bits per heavy atom. The molecule has 0 saturated heterocycles. The molecule has 1 aliphatic carbocycles. The molecule has 2 aromatic carbocycles. The lowest BCUT2D eigenvalue weighted by Crippen LogP contribution is -2.42. The van der Waals surface area contributed by atoms with Gasteiger partial charge in [0.05, 0.1) is 12.1 Å². The first-order valence-electron chi connectivity index (χ1n) is 8.65. The van der Waals surface area contributed by atoms with Crippen molar-refractivity contribution in [3.05, 3.63) is 71.3 Å². The number of benzene rings is 2. The molecule has 25 heavy (non-hydrogen) atoms. The summed E-state index contributed by atoms with van der Waals surface area (Å²) >= 11 is 0. The van der Waals surface area contributed by atoms with E-state index in [-0.39, 0.29) is 24.6 Å². The van der Waals surface area contributed by atoms with Gasteiger partial charge in [0.1, 0.15) is 0 Å². The lowest BCUT2D eigenvalue weighted by Gasteiger charge is -2.21. The summed E-state index contributed by atoms with van der Waals surface area (Å²) in [4.78, 5) is 12.3. The Hall–Kier alpha value is -2.37. The van der Waals surface area contributed by atoms with E-state index < -0.39 is 6.10 Å². The van der Waals surface area contributed by atoms with Crippen LogP contribution in [-0.2, 0) is 6.42 Å². The monoisotopic (exact) mass is 340 g/mol. The Morgan fingerprint density at radius 3 is 2.60 bits per heavy atom. The highest BCUT2D eigenvalue weighted by molar-refractivity contribution is 5.75. The Labute approximate surface area is 147 Å². The maximum atomic E-state index is 12.3. The SMILES string of the molecule is O=C(NCC(CCO)c1ccccc1)N[C@@H]1c2ccccc2C[C@@H]1O. The normalized spacial score (nSPS) is 19.9. The van der Waals surface area contributed by atoms with E-state index in [0.717, 1.165) is 16.7 Å². The fraction of sp³-hybridized carbons (Fsp3) is 0.350. The van der Waals surface area contributed by atoms with Crippen LogP contribution in [0.4, 0.5) is 4.79 Å². The summed E-state index contributed by atoms with van der Waals surface area (Å²) in [6.07, 6.45) is 0.530. The minimum Gasteiger partial charge on any atom is -0.396 e. The Kier molecular flexibility index (Phi) is 5.68. The molecule has 0 spiro atoms. The summed E-state index contributed by atoms with van der Waals surface area (Å²) in [6.45, 7) is 0.498. The summed E-state index contributed by atoms with van der Waals surface area (Å²) in [5.41, 5.74) is 3.13. The molecule has 3 rings (SSSR count). The quantitative estimate of drug-likeness (QED) is 0.650. The molecule has 4 N–H and O–H groups in total. The third kappa shape index (κ3) is 4.18. The van der Waals surface area contributed by atoms with Crippen molar-refractivity contribution >= 4 is 6.03 Å². The van der Waals surface area contributed by atoms with E-state index in [9.17, 15) is 15.0 Å². The Bertz CT molecular complexity index is 705. The minimum absolute atomic E-state index is 0.0535. The first-order chi connectivity index (χ1) is 12.2. The molecule has 2 aromatic rings. The van der Waals surface area contributed by atoms with E-state index in [4.69, 9.17) is 0 Å². The molecular weight excluding hydrogens is 316 g/mol. The van der Waals surface area contributed by atoms with Crippen LogP contribution in [0.25, 0.3) is 0 Å². The highest BCUT2D eigenvalue weighted by atomic mass is 16.3. The van der Waals surface area contributed by atoms with Crippen molar-refractivity contribution in [3.63, 3.8) is 0 Å². The third-order valence-corrected chi connectivity index (χ3v) is 4.75. The minimum atomic E-state index is -0.606.